The molecule has 0 bridgehead atoms. The minimum absolute atomic E-state index is 0.299. The molecule has 2 aromatic heterocycles. The van der Waals surface area contributed by atoms with E-state index in [1.165, 1.54) is 12.5 Å². The molecule has 1 amide bonds. The monoisotopic (exact) mass is 355 g/mol. The van der Waals surface area contributed by atoms with Gasteiger partial charge in [-0.3, -0.25) is 4.79 Å². The number of hydrogen-bond donors (Lipinski definition) is 1. The molecule has 5 nitrogen and oxygen atoms in total. The Bertz CT molecular complexity index is 736. The number of carbonyl (C=O) groups is 1. The largest absolute Gasteiger partial charge is 0.411 e. The zero-order valence-corrected chi connectivity index (χ0v) is 13.8. The third-order valence-corrected chi connectivity index (χ3v) is 4.57. The molecule has 2 aromatic rings. The number of alkyl halides is 3. The van der Waals surface area contributed by atoms with Crippen molar-refractivity contribution < 1.29 is 22.7 Å². The lowest BCUT2D eigenvalue weighted by atomic mass is 9.89. The fourth-order valence-corrected chi connectivity index (χ4v) is 3.27. The average Bonchev–Trinajstić information content (AvgIpc) is 3.02. The molecule has 1 aliphatic rings. The second kappa shape index (κ2) is 7.03. The van der Waals surface area contributed by atoms with E-state index in [-0.39, 0.29) is 5.91 Å². The Morgan fingerprint density at radius 2 is 2.16 bits per heavy atom. The Labute approximate surface area is 143 Å². The number of pyridine rings is 1. The van der Waals surface area contributed by atoms with Gasteiger partial charge in [-0.1, -0.05) is 0 Å². The first-order valence-electron chi connectivity index (χ1n) is 8.24. The van der Waals surface area contributed by atoms with E-state index >= 15 is 0 Å². The third-order valence-electron chi connectivity index (χ3n) is 4.57. The van der Waals surface area contributed by atoms with Crippen LogP contribution in [0.4, 0.5) is 13.2 Å². The van der Waals surface area contributed by atoms with Crippen molar-refractivity contribution in [3.8, 4) is 0 Å². The zero-order chi connectivity index (χ0) is 18.0. The number of H-pyrrole nitrogens is 1. The van der Waals surface area contributed by atoms with Crippen molar-refractivity contribution in [3.05, 3.63) is 30.1 Å². The number of hydrogen-bond acceptors (Lipinski definition) is 3. The number of nitrogens with zero attached hydrogens (tertiary/aromatic N) is 2. The molecule has 3 rings (SSSR count). The summed E-state index contributed by atoms with van der Waals surface area (Å²) in [4.78, 5) is 21.3. The molecule has 1 aliphatic heterocycles. The molecule has 0 aromatic carbocycles. The summed E-state index contributed by atoms with van der Waals surface area (Å²) in [5, 5.41) is 1.08. The summed E-state index contributed by atoms with van der Waals surface area (Å²) in [5.74, 6) is -0.0864. The van der Waals surface area contributed by atoms with Gasteiger partial charge in [0.15, 0.2) is 0 Å². The number of amides is 1. The number of aromatic nitrogens is 2. The molecular formula is C17H20F3N3O2. The first kappa shape index (κ1) is 17.7. The molecule has 1 N–H and O–H groups in total. The standard InChI is InChI=1S/C17H20F3N3O2/c1-11(25-10-17(18,19)20)16(24)23-7-4-12(5-8-23)14-9-22-15-13(14)3-2-6-21-15/h2-3,6,9,11-12H,4-5,7-8,10H2,1H3,(H,21,22)/t11-/m0/s1. The lowest BCUT2D eigenvalue weighted by Crippen LogP contribution is -2.44. The number of piperidine rings is 1. The van der Waals surface area contributed by atoms with Crippen molar-refractivity contribution in [3.63, 3.8) is 0 Å². The van der Waals surface area contributed by atoms with Gasteiger partial charge in [0.2, 0.25) is 0 Å². The second-order valence-corrected chi connectivity index (χ2v) is 6.31. The number of nitrogens with one attached hydrogen (secondary N) is 1. The number of carbonyl (C=O) groups excluding carboxylic acids is 1. The Morgan fingerprint density at radius 1 is 1.44 bits per heavy atom. The van der Waals surface area contributed by atoms with Crippen LogP contribution in [-0.2, 0) is 9.53 Å². The van der Waals surface area contributed by atoms with E-state index in [0.717, 1.165) is 23.9 Å². The summed E-state index contributed by atoms with van der Waals surface area (Å²) in [5.41, 5.74) is 2.02. The molecule has 3 heterocycles. The van der Waals surface area contributed by atoms with Crippen LogP contribution in [0, 0.1) is 0 Å². The van der Waals surface area contributed by atoms with Crippen LogP contribution >= 0.6 is 0 Å². The molecule has 1 saturated heterocycles. The Kier molecular flexibility index (Phi) is 4.99. The molecule has 0 radical (unpaired) electrons. The molecule has 8 heteroatoms. The van der Waals surface area contributed by atoms with E-state index in [2.05, 4.69) is 14.7 Å². The molecule has 0 spiro atoms. The van der Waals surface area contributed by atoms with Crippen LogP contribution in [0.3, 0.4) is 0 Å². The molecule has 25 heavy (non-hydrogen) atoms. The van der Waals surface area contributed by atoms with E-state index in [1.54, 1.807) is 11.1 Å². The average molecular weight is 355 g/mol. The van der Waals surface area contributed by atoms with Crippen molar-refractivity contribution in [2.75, 3.05) is 19.7 Å². The maximum absolute atomic E-state index is 12.2. The number of rotatable bonds is 4. The predicted octanol–water partition coefficient (Wildman–Crippen LogP) is 3.24. The van der Waals surface area contributed by atoms with E-state index in [9.17, 15) is 18.0 Å². The number of aromatic amines is 1. The first-order valence-corrected chi connectivity index (χ1v) is 8.24. The van der Waals surface area contributed by atoms with Gasteiger partial charge in [0, 0.05) is 30.9 Å². The summed E-state index contributed by atoms with van der Waals surface area (Å²) >= 11 is 0. The van der Waals surface area contributed by atoms with Crippen LogP contribution in [0.2, 0.25) is 0 Å². The van der Waals surface area contributed by atoms with Gasteiger partial charge >= 0.3 is 6.18 Å². The molecular weight excluding hydrogens is 335 g/mol. The number of halogens is 3. The van der Waals surface area contributed by atoms with Gasteiger partial charge in [-0.25, -0.2) is 4.98 Å². The highest BCUT2D eigenvalue weighted by atomic mass is 19.4. The zero-order valence-electron chi connectivity index (χ0n) is 13.8. The van der Waals surface area contributed by atoms with Crippen LogP contribution in [0.15, 0.2) is 24.5 Å². The molecule has 1 fully saturated rings. The van der Waals surface area contributed by atoms with Crippen LogP contribution < -0.4 is 0 Å². The Hall–Kier alpha value is -2.09. The Balaban J connectivity index is 1.57. The highest BCUT2D eigenvalue weighted by molar-refractivity contribution is 5.81. The van der Waals surface area contributed by atoms with Crippen molar-refractivity contribution in [1.82, 2.24) is 14.9 Å². The van der Waals surface area contributed by atoms with Crippen LogP contribution in [0.5, 0.6) is 0 Å². The predicted molar refractivity (Wildman–Crippen MR) is 86.1 cm³/mol. The van der Waals surface area contributed by atoms with Crippen LogP contribution in [-0.4, -0.2) is 52.8 Å². The van der Waals surface area contributed by atoms with Gasteiger partial charge in [-0.2, -0.15) is 13.2 Å². The summed E-state index contributed by atoms with van der Waals surface area (Å²) < 4.78 is 41.2. The maximum atomic E-state index is 12.2. The smallest absolute Gasteiger partial charge is 0.359 e. The SMILES string of the molecule is C[C@H](OCC(F)(F)F)C(=O)N1CCC(c2c[nH]c3ncccc23)CC1. The molecule has 0 unspecified atom stereocenters. The van der Waals surface area contributed by atoms with Gasteiger partial charge < -0.3 is 14.6 Å². The lowest BCUT2D eigenvalue weighted by molar-refractivity contribution is -0.188. The lowest BCUT2D eigenvalue weighted by Gasteiger charge is -2.33. The van der Waals surface area contributed by atoms with Gasteiger partial charge in [0.05, 0.1) is 0 Å². The minimum atomic E-state index is -4.43. The number of ether oxygens (including phenoxy) is 1. The molecule has 136 valence electrons. The normalized spacial score (nSPS) is 17.8. The van der Waals surface area contributed by atoms with E-state index in [4.69, 9.17) is 0 Å². The van der Waals surface area contributed by atoms with E-state index < -0.39 is 18.9 Å². The highest BCUT2D eigenvalue weighted by Gasteiger charge is 2.32. The summed E-state index contributed by atoms with van der Waals surface area (Å²) in [6.07, 6.45) is -0.305. The highest BCUT2D eigenvalue weighted by Crippen LogP contribution is 2.32. The first-order chi connectivity index (χ1) is 11.8. The van der Waals surface area contributed by atoms with Gasteiger partial charge in [0.1, 0.15) is 18.4 Å². The maximum Gasteiger partial charge on any atom is 0.411 e. The van der Waals surface area contributed by atoms with Crippen molar-refractivity contribution in [1.29, 1.82) is 0 Å². The summed E-state index contributed by atoms with van der Waals surface area (Å²) in [6, 6.07) is 3.90. The van der Waals surface area contributed by atoms with Gasteiger partial charge in [0.25, 0.3) is 5.91 Å². The van der Waals surface area contributed by atoms with Gasteiger partial charge in [-0.15, -0.1) is 0 Å². The molecule has 0 saturated carbocycles. The fraction of sp³-hybridized carbons (Fsp3) is 0.529. The van der Waals surface area contributed by atoms with E-state index in [0.29, 0.717) is 19.0 Å². The fourth-order valence-electron chi connectivity index (χ4n) is 3.27. The van der Waals surface area contributed by atoms with Crippen molar-refractivity contribution >= 4 is 16.9 Å². The molecule has 0 aliphatic carbocycles. The summed E-state index contributed by atoms with van der Waals surface area (Å²) in [6.45, 7) is 0.983. The number of likely N-dealkylation sites (tertiary alicyclic amines) is 1. The van der Waals surface area contributed by atoms with E-state index in [1.807, 2.05) is 18.3 Å². The molecule has 1 atom stereocenters. The van der Waals surface area contributed by atoms with Crippen LogP contribution in [0.25, 0.3) is 11.0 Å². The minimum Gasteiger partial charge on any atom is -0.359 e. The number of fused-ring (bicyclic) bond motifs is 1. The van der Waals surface area contributed by atoms with Crippen LogP contribution in [0.1, 0.15) is 31.2 Å². The van der Waals surface area contributed by atoms with Crippen molar-refractivity contribution in [2.45, 2.75) is 38.0 Å². The second-order valence-electron chi connectivity index (χ2n) is 6.31. The quantitative estimate of drug-likeness (QED) is 0.916. The topological polar surface area (TPSA) is 58.2 Å². The Morgan fingerprint density at radius 3 is 2.84 bits per heavy atom. The summed E-state index contributed by atoms with van der Waals surface area (Å²) in [7, 11) is 0. The van der Waals surface area contributed by atoms with Gasteiger partial charge in [-0.05, 0) is 43.4 Å². The van der Waals surface area contributed by atoms with Crippen molar-refractivity contribution in [2.24, 2.45) is 0 Å². The third kappa shape index (κ3) is 4.12.